The van der Waals surface area contributed by atoms with Crippen LogP contribution in [-0.4, -0.2) is 23.3 Å². The topological polar surface area (TPSA) is 46.5 Å². The van der Waals surface area contributed by atoms with Crippen molar-refractivity contribution in [3.63, 3.8) is 0 Å². The quantitative estimate of drug-likeness (QED) is 0.0709. The average molecular weight is 669 g/mol. The number of rotatable bonds is 22. The summed E-state index contributed by atoms with van der Waals surface area (Å²) in [4.78, 5) is 13.3. The smallest absolute Gasteiger partial charge is 0.306 e. The molecule has 0 aliphatic heterocycles. The number of hydrogen-bond acceptors (Lipinski definition) is 3. The van der Waals surface area contributed by atoms with Crippen LogP contribution < -0.4 is 0 Å². The van der Waals surface area contributed by atoms with E-state index in [0.717, 1.165) is 49.4 Å². The highest BCUT2D eigenvalue weighted by molar-refractivity contribution is 5.69. The lowest BCUT2D eigenvalue weighted by Gasteiger charge is -2.60. The number of allylic oxidation sites excluding steroid dienone is 1. The second-order valence-corrected chi connectivity index (χ2v) is 18.4. The Morgan fingerprint density at radius 3 is 2.02 bits per heavy atom. The van der Waals surface area contributed by atoms with Gasteiger partial charge in [0, 0.05) is 18.3 Å². The fourth-order valence-electron chi connectivity index (χ4n) is 11.7. The molecule has 278 valence electrons. The number of aliphatic hydroxyl groups excluding tert-OH is 1. The van der Waals surface area contributed by atoms with Crippen molar-refractivity contribution in [2.75, 3.05) is 0 Å². The highest BCUT2D eigenvalue weighted by Crippen LogP contribution is 2.67. The minimum Gasteiger partial charge on any atom is -0.461 e. The molecule has 3 fully saturated rings. The summed E-state index contributed by atoms with van der Waals surface area (Å²) in [6.45, 7) is 14.7. The summed E-state index contributed by atoms with van der Waals surface area (Å²) >= 11 is 0. The van der Waals surface area contributed by atoms with Crippen LogP contribution in [-0.2, 0) is 9.53 Å². The van der Waals surface area contributed by atoms with Crippen LogP contribution in [0.15, 0.2) is 11.6 Å². The third-order valence-electron chi connectivity index (χ3n) is 14.6. The van der Waals surface area contributed by atoms with Gasteiger partial charge in [-0.15, -0.1) is 0 Å². The van der Waals surface area contributed by atoms with Crippen molar-refractivity contribution < 1.29 is 14.6 Å². The van der Waals surface area contributed by atoms with E-state index in [2.05, 4.69) is 47.6 Å². The Morgan fingerprint density at radius 2 is 1.42 bits per heavy atom. The van der Waals surface area contributed by atoms with E-state index in [1.807, 2.05) is 0 Å². The van der Waals surface area contributed by atoms with Crippen molar-refractivity contribution in [1.29, 1.82) is 0 Å². The molecule has 0 aromatic carbocycles. The van der Waals surface area contributed by atoms with Crippen LogP contribution in [0.4, 0.5) is 0 Å². The summed E-state index contributed by atoms with van der Waals surface area (Å²) in [6, 6.07) is 0. The molecule has 0 aromatic rings. The van der Waals surface area contributed by atoms with E-state index in [-0.39, 0.29) is 23.6 Å². The van der Waals surface area contributed by atoms with E-state index in [0.29, 0.717) is 30.1 Å². The number of unbranched alkanes of at least 4 members (excludes halogenated alkanes) is 14. The molecular formula is C45H80O3. The van der Waals surface area contributed by atoms with Gasteiger partial charge in [0.2, 0.25) is 0 Å². The maximum absolute atomic E-state index is 13.3. The molecule has 1 unspecified atom stereocenters. The Labute approximate surface area is 298 Å². The lowest BCUT2D eigenvalue weighted by atomic mass is 9.46. The van der Waals surface area contributed by atoms with E-state index >= 15 is 0 Å². The molecule has 0 aromatic heterocycles. The Hall–Kier alpha value is -0.830. The number of ether oxygens (including phenoxy) is 1. The highest BCUT2D eigenvalue weighted by atomic mass is 16.5. The molecule has 4 aliphatic rings. The van der Waals surface area contributed by atoms with Gasteiger partial charge in [-0.3, -0.25) is 4.79 Å². The summed E-state index contributed by atoms with van der Waals surface area (Å²) in [5.41, 5.74) is 1.73. The molecule has 3 saturated carbocycles. The van der Waals surface area contributed by atoms with Gasteiger partial charge in [-0.1, -0.05) is 162 Å². The third-order valence-corrected chi connectivity index (χ3v) is 14.6. The molecule has 48 heavy (non-hydrogen) atoms. The van der Waals surface area contributed by atoms with Gasteiger partial charge >= 0.3 is 5.97 Å². The van der Waals surface area contributed by atoms with Crippen molar-refractivity contribution >= 4 is 5.97 Å². The maximum atomic E-state index is 13.3. The largest absolute Gasteiger partial charge is 0.461 e. The van der Waals surface area contributed by atoms with Crippen molar-refractivity contribution in [2.45, 2.75) is 221 Å². The Balaban J connectivity index is 1.20. The normalized spacial score (nSPS) is 33.5. The summed E-state index contributed by atoms with van der Waals surface area (Å²) < 4.78 is 6.42. The van der Waals surface area contributed by atoms with Crippen LogP contribution in [0.3, 0.4) is 0 Å². The van der Waals surface area contributed by atoms with E-state index in [4.69, 9.17) is 4.74 Å². The Bertz CT molecular complexity index is 969. The molecule has 0 amide bonds. The molecule has 1 N–H and O–H groups in total. The zero-order chi connectivity index (χ0) is 34.6. The second-order valence-electron chi connectivity index (χ2n) is 18.4. The fraction of sp³-hybridized carbons (Fsp3) is 0.933. The maximum Gasteiger partial charge on any atom is 0.306 e. The lowest BCUT2D eigenvalue weighted by molar-refractivity contribution is -0.169. The average Bonchev–Trinajstić information content (AvgIpc) is 3.40. The number of aliphatic hydroxyl groups is 1. The zero-order valence-electron chi connectivity index (χ0n) is 32.8. The first kappa shape index (κ1) is 39.9. The molecule has 0 spiro atoms. The summed E-state index contributed by atoms with van der Waals surface area (Å²) in [7, 11) is 0. The standard InChI is InChI=1S/C45H80O3/c1-7-8-9-10-11-12-13-14-15-16-17-18-19-20-21-25-43(47)48-42-33-37(46)32-36-26-27-38-40-29-28-39(35(4)24-22-23-34(2)3)44(40,5)31-30-41(38)45(36,42)6/h26,34-35,37-42,46H,7-25,27-33H2,1-6H3/t35-,37-,38+,39-,40+,41+,42?,44-,45+/m1/s1. The SMILES string of the molecule is CCCCCCCCCCCCCCCCCC(=O)OC1C[C@H](O)CC2=CC[C@H]3[C@@H]4CC[C@H]([C@H](C)CCCC(C)C)[C@@]4(C)CC[C@@H]3[C@]21C. The van der Waals surface area contributed by atoms with Gasteiger partial charge in [0.1, 0.15) is 6.10 Å². The predicted octanol–water partition coefficient (Wildman–Crippen LogP) is 13.2. The number of carbonyl (C=O) groups is 1. The molecule has 4 aliphatic carbocycles. The van der Waals surface area contributed by atoms with Crippen LogP contribution in [0.2, 0.25) is 0 Å². The van der Waals surface area contributed by atoms with Gasteiger partial charge in [-0.2, -0.15) is 0 Å². The molecule has 0 saturated heterocycles. The number of fused-ring (bicyclic) bond motifs is 5. The Morgan fingerprint density at radius 1 is 0.812 bits per heavy atom. The highest BCUT2D eigenvalue weighted by Gasteiger charge is 2.61. The minimum atomic E-state index is -0.388. The summed E-state index contributed by atoms with van der Waals surface area (Å²) in [5, 5.41) is 10.9. The monoisotopic (exact) mass is 669 g/mol. The number of carbonyl (C=O) groups excluding carboxylic acids is 1. The first-order chi connectivity index (χ1) is 23.1. The Kier molecular flexibility index (Phi) is 16.4. The molecule has 3 heteroatoms. The predicted molar refractivity (Wildman–Crippen MR) is 204 cm³/mol. The van der Waals surface area contributed by atoms with Gasteiger partial charge in [-0.25, -0.2) is 0 Å². The van der Waals surface area contributed by atoms with E-state index < -0.39 is 0 Å². The van der Waals surface area contributed by atoms with Crippen LogP contribution >= 0.6 is 0 Å². The number of hydrogen-bond donors (Lipinski definition) is 1. The lowest BCUT2D eigenvalue weighted by Crippen LogP contribution is -2.56. The van der Waals surface area contributed by atoms with E-state index in [9.17, 15) is 9.90 Å². The molecule has 0 bridgehead atoms. The zero-order valence-corrected chi connectivity index (χ0v) is 32.8. The first-order valence-corrected chi connectivity index (χ1v) is 21.7. The van der Waals surface area contributed by atoms with Crippen molar-refractivity contribution in [1.82, 2.24) is 0 Å². The van der Waals surface area contributed by atoms with Crippen molar-refractivity contribution in [2.24, 2.45) is 46.3 Å². The molecular weight excluding hydrogens is 588 g/mol. The van der Waals surface area contributed by atoms with Gasteiger partial charge in [0.15, 0.2) is 0 Å². The van der Waals surface area contributed by atoms with Gasteiger partial charge in [0.25, 0.3) is 0 Å². The van der Waals surface area contributed by atoms with Crippen molar-refractivity contribution in [3.8, 4) is 0 Å². The molecule has 3 nitrogen and oxygen atoms in total. The summed E-state index contributed by atoms with van der Waals surface area (Å²) in [5.74, 6) is 4.50. The molecule has 9 atom stereocenters. The molecule has 0 heterocycles. The molecule has 0 radical (unpaired) electrons. The summed E-state index contributed by atoms with van der Waals surface area (Å²) in [6.07, 6.45) is 34.5. The first-order valence-electron chi connectivity index (χ1n) is 21.7. The van der Waals surface area contributed by atoms with Crippen LogP contribution in [0.1, 0.15) is 208 Å². The minimum absolute atomic E-state index is 0.0247. The molecule has 4 rings (SSSR count). The van der Waals surface area contributed by atoms with Crippen molar-refractivity contribution in [3.05, 3.63) is 11.6 Å². The van der Waals surface area contributed by atoms with Crippen LogP contribution in [0.5, 0.6) is 0 Å². The van der Waals surface area contributed by atoms with Gasteiger partial charge in [-0.05, 0) is 85.9 Å². The van der Waals surface area contributed by atoms with E-state index in [1.54, 1.807) is 0 Å². The third kappa shape index (κ3) is 10.4. The van der Waals surface area contributed by atoms with Gasteiger partial charge < -0.3 is 9.84 Å². The van der Waals surface area contributed by atoms with Crippen LogP contribution in [0, 0.1) is 46.3 Å². The van der Waals surface area contributed by atoms with Gasteiger partial charge in [0.05, 0.1) is 6.10 Å². The fourth-order valence-corrected chi connectivity index (χ4v) is 11.7. The second kappa shape index (κ2) is 19.7. The number of esters is 1. The van der Waals surface area contributed by atoms with E-state index in [1.165, 1.54) is 134 Å². The van der Waals surface area contributed by atoms with Crippen LogP contribution in [0.25, 0.3) is 0 Å².